The molecule has 2 aromatic rings. The van der Waals surface area contributed by atoms with Crippen molar-refractivity contribution in [3.8, 4) is 0 Å². The third-order valence-corrected chi connectivity index (χ3v) is 3.07. The van der Waals surface area contributed by atoms with Crippen molar-refractivity contribution < 1.29 is 0 Å². The van der Waals surface area contributed by atoms with Crippen LogP contribution in [0.2, 0.25) is 0 Å². The first kappa shape index (κ1) is 12.3. The van der Waals surface area contributed by atoms with Gasteiger partial charge >= 0.3 is 0 Å². The molecule has 0 unspecified atom stereocenters. The van der Waals surface area contributed by atoms with Gasteiger partial charge in [-0.15, -0.1) is 0 Å². The summed E-state index contributed by atoms with van der Waals surface area (Å²) >= 11 is 3.38. The molecule has 90 valence electrons. The molecule has 0 fully saturated rings. The number of rotatable bonds is 3. The van der Waals surface area contributed by atoms with Crippen molar-refractivity contribution in [2.45, 2.75) is 6.54 Å². The Morgan fingerprint density at radius 1 is 1.41 bits per heavy atom. The van der Waals surface area contributed by atoms with Crippen LogP contribution in [0.25, 0.3) is 10.8 Å². The molecule has 5 heteroatoms. The molecule has 0 atom stereocenters. The molecule has 2 rings (SSSR count). The number of fused-ring (bicyclic) bond motifs is 1. The molecule has 0 saturated carbocycles. The first-order valence-electron chi connectivity index (χ1n) is 5.38. The van der Waals surface area contributed by atoms with E-state index in [9.17, 15) is 4.79 Å². The first-order valence-corrected chi connectivity index (χ1v) is 6.17. The zero-order chi connectivity index (χ0) is 12.4. The Balaban J connectivity index is 2.46. The molecule has 4 nitrogen and oxygen atoms in total. The van der Waals surface area contributed by atoms with E-state index in [2.05, 4.69) is 21.0 Å². The van der Waals surface area contributed by atoms with Crippen molar-refractivity contribution in [2.24, 2.45) is 0 Å². The minimum absolute atomic E-state index is 0.0364. The molecule has 0 aliphatic carbocycles. The number of hydrogen-bond acceptors (Lipinski definition) is 3. The van der Waals surface area contributed by atoms with Crippen LogP contribution in [0.5, 0.6) is 0 Å². The minimum atomic E-state index is -0.0364. The van der Waals surface area contributed by atoms with Crippen molar-refractivity contribution in [1.82, 2.24) is 14.7 Å². The summed E-state index contributed by atoms with van der Waals surface area (Å²) in [5.74, 6) is 0. The van der Waals surface area contributed by atoms with Gasteiger partial charge in [0, 0.05) is 16.4 Å². The maximum atomic E-state index is 12.2. The molecule has 1 heterocycles. The lowest BCUT2D eigenvalue weighted by Gasteiger charge is -2.10. The maximum absolute atomic E-state index is 12.2. The van der Waals surface area contributed by atoms with E-state index in [0.29, 0.717) is 11.9 Å². The lowest BCUT2D eigenvalue weighted by molar-refractivity contribution is 0.368. The molecular formula is C12H14BrN3O. The second-order valence-corrected chi connectivity index (χ2v) is 5.12. The number of nitrogens with zero attached hydrogens (tertiary/aromatic N) is 3. The number of likely N-dealkylation sites (N-methyl/N-ethyl adjacent to an activating group) is 1. The summed E-state index contributed by atoms with van der Waals surface area (Å²) in [4.78, 5) is 14.2. The fraction of sp³-hybridized carbons (Fsp3) is 0.333. The van der Waals surface area contributed by atoms with E-state index in [0.717, 1.165) is 16.4 Å². The molecule has 0 amide bonds. The van der Waals surface area contributed by atoms with Crippen LogP contribution in [0.15, 0.2) is 33.7 Å². The zero-order valence-corrected chi connectivity index (χ0v) is 11.4. The van der Waals surface area contributed by atoms with E-state index in [1.54, 1.807) is 6.20 Å². The molecule has 1 aromatic heterocycles. The molecule has 0 radical (unpaired) electrons. The van der Waals surface area contributed by atoms with Gasteiger partial charge in [-0.2, -0.15) is 5.10 Å². The quantitative estimate of drug-likeness (QED) is 0.865. The summed E-state index contributed by atoms with van der Waals surface area (Å²) in [5.41, 5.74) is -0.0364. The predicted molar refractivity (Wildman–Crippen MR) is 72.3 cm³/mol. The van der Waals surface area contributed by atoms with Crippen molar-refractivity contribution in [2.75, 3.05) is 20.6 Å². The molecule has 0 spiro atoms. The summed E-state index contributed by atoms with van der Waals surface area (Å²) in [6.07, 6.45) is 1.73. The third-order valence-electron chi connectivity index (χ3n) is 2.58. The fourth-order valence-corrected chi connectivity index (χ4v) is 1.96. The van der Waals surface area contributed by atoms with Gasteiger partial charge in [0.15, 0.2) is 0 Å². The number of hydrogen-bond donors (Lipinski definition) is 0. The predicted octanol–water partition coefficient (Wildman–Crippen LogP) is 1.72. The van der Waals surface area contributed by atoms with Crippen LogP contribution in [0, 0.1) is 0 Å². The highest BCUT2D eigenvalue weighted by molar-refractivity contribution is 9.10. The molecule has 0 aliphatic heterocycles. The molecule has 17 heavy (non-hydrogen) atoms. The summed E-state index contributed by atoms with van der Waals surface area (Å²) < 4.78 is 2.42. The Bertz CT molecular complexity index is 592. The van der Waals surface area contributed by atoms with Crippen molar-refractivity contribution in [1.29, 1.82) is 0 Å². The van der Waals surface area contributed by atoms with Crippen molar-refractivity contribution >= 4 is 26.7 Å². The van der Waals surface area contributed by atoms with E-state index in [1.807, 2.05) is 37.2 Å². The standard InChI is InChI=1S/C12H14BrN3O/c1-15(2)5-6-16-12(17)11-7-10(13)4-3-9(11)8-14-16/h3-4,7-8H,5-6H2,1-2H3. The zero-order valence-electron chi connectivity index (χ0n) is 9.85. The van der Waals surface area contributed by atoms with Crippen molar-refractivity contribution in [3.05, 3.63) is 39.2 Å². The topological polar surface area (TPSA) is 38.1 Å². The molecule has 0 saturated heterocycles. The number of halogens is 1. The lowest BCUT2D eigenvalue weighted by Crippen LogP contribution is -2.28. The molecule has 1 aromatic carbocycles. The monoisotopic (exact) mass is 295 g/mol. The highest BCUT2D eigenvalue weighted by atomic mass is 79.9. The Kier molecular flexibility index (Phi) is 3.59. The van der Waals surface area contributed by atoms with Crippen LogP contribution >= 0.6 is 15.9 Å². The lowest BCUT2D eigenvalue weighted by atomic mass is 10.2. The van der Waals surface area contributed by atoms with Crippen LogP contribution in [0.3, 0.4) is 0 Å². The highest BCUT2D eigenvalue weighted by Gasteiger charge is 2.04. The fourth-order valence-electron chi connectivity index (χ4n) is 1.60. The largest absolute Gasteiger partial charge is 0.308 e. The smallest absolute Gasteiger partial charge is 0.274 e. The van der Waals surface area contributed by atoms with Gasteiger partial charge in [0.1, 0.15) is 0 Å². The number of aromatic nitrogens is 2. The Morgan fingerprint density at radius 3 is 2.88 bits per heavy atom. The van der Waals surface area contributed by atoms with Crippen LogP contribution in [0.1, 0.15) is 0 Å². The van der Waals surface area contributed by atoms with Gasteiger partial charge in [0.25, 0.3) is 5.56 Å². The molecule has 0 aliphatic rings. The van der Waals surface area contributed by atoms with Crippen LogP contribution in [-0.2, 0) is 6.54 Å². The minimum Gasteiger partial charge on any atom is -0.308 e. The van der Waals surface area contributed by atoms with Gasteiger partial charge in [-0.1, -0.05) is 22.0 Å². The van der Waals surface area contributed by atoms with Crippen LogP contribution in [-0.4, -0.2) is 35.3 Å². The van der Waals surface area contributed by atoms with E-state index in [1.165, 1.54) is 4.68 Å². The summed E-state index contributed by atoms with van der Waals surface area (Å²) in [5, 5.41) is 5.75. The van der Waals surface area contributed by atoms with E-state index in [4.69, 9.17) is 0 Å². The molecule has 0 bridgehead atoms. The Hall–Kier alpha value is -1.20. The summed E-state index contributed by atoms with van der Waals surface area (Å²) in [6.45, 7) is 1.40. The second-order valence-electron chi connectivity index (χ2n) is 4.21. The van der Waals surface area contributed by atoms with Gasteiger partial charge in [-0.05, 0) is 26.2 Å². The van der Waals surface area contributed by atoms with Crippen LogP contribution < -0.4 is 5.56 Å². The average Bonchev–Trinajstić information content (AvgIpc) is 2.29. The molecular weight excluding hydrogens is 282 g/mol. The van der Waals surface area contributed by atoms with Gasteiger partial charge < -0.3 is 4.90 Å². The van der Waals surface area contributed by atoms with E-state index >= 15 is 0 Å². The van der Waals surface area contributed by atoms with Crippen molar-refractivity contribution in [3.63, 3.8) is 0 Å². The van der Waals surface area contributed by atoms with Gasteiger partial charge in [-0.3, -0.25) is 4.79 Å². The van der Waals surface area contributed by atoms with Gasteiger partial charge in [0.05, 0.1) is 18.1 Å². The average molecular weight is 296 g/mol. The summed E-state index contributed by atoms with van der Waals surface area (Å²) in [7, 11) is 3.95. The second kappa shape index (κ2) is 4.98. The van der Waals surface area contributed by atoms with Gasteiger partial charge in [-0.25, -0.2) is 4.68 Å². The molecule has 0 N–H and O–H groups in total. The first-order chi connectivity index (χ1) is 8.08. The van der Waals surface area contributed by atoms with Crippen LogP contribution in [0.4, 0.5) is 0 Å². The Morgan fingerprint density at radius 2 is 2.18 bits per heavy atom. The third kappa shape index (κ3) is 2.73. The van der Waals surface area contributed by atoms with E-state index < -0.39 is 0 Å². The maximum Gasteiger partial charge on any atom is 0.274 e. The highest BCUT2D eigenvalue weighted by Crippen LogP contribution is 2.15. The SMILES string of the molecule is CN(C)CCn1ncc2ccc(Br)cc2c1=O. The van der Waals surface area contributed by atoms with Gasteiger partial charge in [0.2, 0.25) is 0 Å². The Labute approximate surface area is 108 Å². The number of benzene rings is 1. The normalized spacial score (nSPS) is 11.3. The van der Waals surface area contributed by atoms with E-state index in [-0.39, 0.29) is 5.56 Å². The summed E-state index contributed by atoms with van der Waals surface area (Å²) in [6, 6.07) is 5.64.